The van der Waals surface area contributed by atoms with Crippen LogP contribution in [-0.2, 0) is 0 Å². The predicted molar refractivity (Wildman–Crippen MR) is 101 cm³/mol. The number of hydrogen-bond donors (Lipinski definition) is 0. The standard InChI is InChI=1S/C16H14ClIN2OS/c1-8(2)16-20-14(7-22-16)13-6-11(18)9-4-15(21-3)10(17)5-12(9)19-13/h4-8H,1-3H3. The Bertz CT molecular complexity index is 848. The first-order valence-corrected chi connectivity index (χ1v) is 9.13. The number of halogens is 2. The first-order valence-electron chi connectivity index (χ1n) is 6.79. The zero-order chi connectivity index (χ0) is 15.9. The number of aromatic nitrogens is 2. The average Bonchev–Trinajstić information content (AvgIpc) is 2.96. The van der Waals surface area contributed by atoms with E-state index < -0.39 is 0 Å². The number of nitrogens with zero attached hydrogens (tertiary/aromatic N) is 2. The molecule has 0 amide bonds. The third-order valence-corrected chi connectivity index (χ3v) is 5.64. The van der Waals surface area contributed by atoms with Crippen molar-refractivity contribution in [3.63, 3.8) is 0 Å². The van der Waals surface area contributed by atoms with E-state index in [-0.39, 0.29) is 0 Å². The van der Waals surface area contributed by atoms with E-state index in [2.05, 4.69) is 52.9 Å². The highest BCUT2D eigenvalue weighted by Gasteiger charge is 2.13. The molecule has 0 aliphatic heterocycles. The van der Waals surface area contributed by atoms with Crippen molar-refractivity contribution >= 4 is 56.4 Å². The summed E-state index contributed by atoms with van der Waals surface area (Å²) in [5.41, 5.74) is 2.65. The molecule has 3 aromatic rings. The van der Waals surface area contributed by atoms with Crippen LogP contribution in [0.25, 0.3) is 22.3 Å². The fourth-order valence-corrected chi connectivity index (χ4v) is 3.94. The van der Waals surface area contributed by atoms with E-state index in [1.54, 1.807) is 18.4 Å². The molecule has 2 heterocycles. The van der Waals surface area contributed by atoms with Gasteiger partial charge in [0.2, 0.25) is 0 Å². The van der Waals surface area contributed by atoms with Crippen LogP contribution in [0.15, 0.2) is 23.6 Å². The van der Waals surface area contributed by atoms with Crippen molar-refractivity contribution in [2.24, 2.45) is 0 Å². The third kappa shape index (κ3) is 2.94. The van der Waals surface area contributed by atoms with E-state index in [9.17, 15) is 0 Å². The van der Waals surface area contributed by atoms with Gasteiger partial charge in [0.25, 0.3) is 0 Å². The Morgan fingerprint density at radius 1 is 1.18 bits per heavy atom. The predicted octanol–water partition coefficient (Wildman–Crippen LogP) is 5.75. The number of pyridine rings is 1. The smallest absolute Gasteiger partial charge is 0.138 e. The summed E-state index contributed by atoms with van der Waals surface area (Å²) in [6, 6.07) is 5.82. The Labute approximate surface area is 151 Å². The zero-order valence-corrected chi connectivity index (χ0v) is 16.1. The molecule has 0 unspecified atom stereocenters. The van der Waals surface area contributed by atoms with Gasteiger partial charge in [0.1, 0.15) is 5.75 Å². The molecule has 0 bridgehead atoms. The second kappa shape index (κ2) is 6.29. The van der Waals surface area contributed by atoms with E-state index >= 15 is 0 Å². The van der Waals surface area contributed by atoms with Gasteiger partial charge in [0.15, 0.2) is 0 Å². The van der Waals surface area contributed by atoms with Gasteiger partial charge in [-0.25, -0.2) is 9.97 Å². The first kappa shape index (κ1) is 16.0. The van der Waals surface area contributed by atoms with Gasteiger partial charge in [0, 0.05) is 20.3 Å². The molecule has 0 aliphatic carbocycles. The largest absolute Gasteiger partial charge is 0.495 e. The van der Waals surface area contributed by atoms with Gasteiger partial charge in [-0.1, -0.05) is 25.4 Å². The molecule has 0 N–H and O–H groups in total. The summed E-state index contributed by atoms with van der Waals surface area (Å²) in [7, 11) is 1.62. The van der Waals surface area contributed by atoms with Crippen LogP contribution in [0.3, 0.4) is 0 Å². The summed E-state index contributed by atoms with van der Waals surface area (Å²) in [4.78, 5) is 9.39. The van der Waals surface area contributed by atoms with Crippen molar-refractivity contribution in [3.05, 3.63) is 37.2 Å². The van der Waals surface area contributed by atoms with E-state index in [1.165, 1.54) is 0 Å². The van der Waals surface area contributed by atoms with Crippen molar-refractivity contribution in [3.8, 4) is 17.1 Å². The Morgan fingerprint density at radius 3 is 2.59 bits per heavy atom. The Hall–Kier alpha value is -0.920. The van der Waals surface area contributed by atoms with E-state index in [0.29, 0.717) is 16.7 Å². The Kier molecular flexibility index (Phi) is 4.56. The zero-order valence-electron chi connectivity index (χ0n) is 12.4. The molecule has 0 aliphatic rings. The summed E-state index contributed by atoms with van der Waals surface area (Å²) in [5.74, 6) is 1.09. The lowest BCUT2D eigenvalue weighted by Crippen LogP contribution is -1.92. The van der Waals surface area contributed by atoms with Gasteiger partial charge in [0.05, 0.1) is 34.0 Å². The molecule has 0 saturated carbocycles. The highest BCUT2D eigenvalue weighted by atomic mass is 127. The molecule has 0 saturated heterocycles. The Morgan fingerprint density at radius 2 is 1.95 bits per heavy atom. The van der Waals surface area contributed by atoms with Crippen molar-refractivity contribution < 1.29 is 4.74 Å². The van der Waals surface area contributed by atoms with Crippen LogP contribution in [0, 0.1) is 3.57 Å². The molecule has 0 radical (unpaired) electrons. The summed E-state index contributed by atoms with van der Waals surface area (Å²) in [6.45, 7) is 4.29. The lowest BCUT2D eigenvalue weighted by Gasteiger charge is -2.08. The van der Waals surface area contributed by atoms with Gasteiger partial charge in [-0.2, -0.15) is 0 Å². The van der Waals surface area contributed by atoms with Crippen LogP contribution in [0.2, 0.25) is 5.02 Å². The lowest BCUT2D eigenvalue weighted by atomic mass is 10.1. The molecule has 6 heteroatoms. The van der Waals surface area contributed by atoms with Crippen LogP contribution in [0.1, 0.15) is 24.8 Å². The van der Waals surface area contributed by atoms with Gasteiger partial charge >= 0.3 is 0 Å². The van der Waals surface area contributed by atoms with Crippen molar-refractivity contribution in [2.45, 2.75) is 19.8 Å². The van der Waals surface area contributed by atoms with E-state index in [4.69, 9.17) is 21.3 Å². The number of rotatable bonds is 3. The van der Waals surface area contributed by atoms with Gasteiger partial charge in [-0.3, -0.25) is 0 Å². The van der Waals surface area contributed by atoms with Gasteiger partial charge in [-0.05, 0) is 40.8 Å². The number of thiazole rings is 1. The van der Waals surface area contributed by atoms with Gasteiger partial charge in [-0.15, -0.1) is 11.3 Å². The normalized spacial score (nSPS) is 11.4. The molecule has 114 valence electrons. The fraction of sp³-hybridized carbons (Fsp3) is 0.250. The van der Waals surface area contributed by atoms with Crippen LogP contribution < -0.4 is 4.74 Å². The summed E-state index contributed by atoms with van der Waals surface area (Å²) < 4.78 is 6.38. The molecule has 0 spiro atoms. The van der Waals surface area contributed by atoms with Crippen LogP contribution in [-0.4, -0.2) is 17.1 Å². The number of methoxy groups -OCH3 is 1. The highest BCUT2D eigenvalue weighted by Crippen LogP contribution is 2.34. The topological polar surface area (TPSA) is 35.0 Å². The summed E-state index contributed by atoms with van der Waals surface area (Å²) in [6.07, 6.45) is 0. The third-order valence-electron chi connectivity index (χ3n) is 3.31. The van der Waals surface area contributed by atoms with Crippen LogP contribution in [0.4, 0.5) is 0 Å². The van der Waals surface area contributed by atoms with Crippen molar-refractivity contribution in [1.29, 1.82) is 0 Å². The number of fused-ring (bicyclic) bond motifs is 1. The molecule has 22 heavy (non-hydrogen) atoms. The molecule has 1 aromatic carbocycles. The number of hydrogen-bond acceptors (Lipinski definition) is 4. The van der Waals surface area contributed by atoms with E-state index in [0.717, 1.165) is 30.9 Å². The Balaban J connectivity index is 2.15. The maximum Gasteiger partial charge on any atom is 0.138 e. The van der Waals surface area contributed by atoms with Crippen molar-refractivity contribution in [1.82, 2.24) is 9.97 Å². The molecule has 3 nitrogen and oxygen atoms in total. The molecule has 0 atom stereocenters. The number of ether oxygens (including phenoxy) is 1. The summed E-state index contributed by atoms with van der Waals surface area (Å²) in [5, 5.41) is 4.78. The maximum absolute atomic E-state index is 6.22. The first-order chi connectivity index (χ1) is 10.5. The second-order valence-corrected chi connectivity index (χ2v) is 7.68. The quantitative estimate of drug-likeness (QED) is 0.483. The lowest BCUT2D eigenvalue weighted by molar-refractivity contribution is 0.415. The minimum absolute atomic E-state index is 0.428. The average molecular weight is 445 g/mol. The molecular weight excluding hydrogens is 431 g/mol. The fourth-order valence-electron chi connectivity index (χ4n) is 2.14. The minimum Gasteiger partial charge on any atom is -0.495 e. The molecule has 0 fully saturated rings. The second-order valence-electron chi connectivity index (χ2n) is 5.22. The highest BCUT2D eigenvalue weighted by molar-refractivity contribution is 14.1. The van der Waals surface area contributed by atoms with Crippen LogP contribution >= 0.6 is 45.5 Å². The van der Waals surface area contributed by atoms with Crippen LogP contribution in [0.5, 0.6) is 5.75 Å². The maximum atomic E-state index is 6.22. The van der Waals surface area contributed by atoms with Crippen molar-refractivity contribution in [2.75, 3.05) is 7.11 Å². The number of benzene rings is 1. The van der Waals surface area contributed by atoms with Gasteiger partial charge < -0.3 is 4.74 Å². The SMILES string of the molecule is COc1cc2c(I)cc(-c3csc(C(C)C)n3)nc2cc1Cl. The monoisotopic (exact) mass is 444 g/mol. The molecule has 3 rings (SSSR count). The minimum atomic E-state index is 0.428. The molecular formula is C16H14ClIN2OS. The molecule has 2 aromatic heterocycles. The summed E-state index contributed by atoms with van der Waals surface area (Å²) >= 11 is 10.2. The van der Waals surface area contributed by atoms with E-state index in [1.807, 2.05) is 12.1 Å².